The fourth-order valence-corrected chi connectivity index (χ4v) is 4.47. The van der Waals surface area contributed by atoms with E-state index >= 15 is 0 Å². The van der Waals surface area contributed by atoms with E-state index in [1.54, 1.807) is 6.92 Å². The van der Waals surface area contributed by atoms with Crippen LogP contribution in [-0.4, -0.2) is 35.8 Å². The van der Waals surface area contributed by atoms with Crippen LogP contribution in [0.5, 0.6) is 0 Å². The smallest absolute Gasteiger partial charge is 0.360 e. The number of nitrogens with zero attached hydrogens (tertiary/aromatic N) is 2. The summed E-state index contributed by atoms with van der Waals surface area (Å²) < 4.78 is 10.5. The average molecular weight is 356 g/mol. The fourth-order valence-electron chi connectivity index (χ4n) is 4.47. The van der Waals surface area contributed by atoms with Gasteiger partial charge in [-0.15, -0.1) is 0 Å². The summed E-state index contributed by atoms with van der Waals surface area (Å²) in [6.45, 7) is 3.51. The molecular formula is C20H24N2O4. The standard InChI is InChI=1S/C20H24N2O4/c1-2-25-18(23)17-13-26-19(21-17)22-11-14-7-6-10-20(24,16(14)12-22)15-8-4-3-5-9-15/h3-5,8-9,13-14,16,24H,2,6-7,10-12H2,1H3/t14-,16+,20+/m1/s1. The van der Waals surface area contributed by atoms with Crippen molar-refractivity contribution in [3.8, 4) is 0 Å². The summed E-state index contributed by atoms with van der Waals surface area (Å²) in [5, 5.41) is 11.5. The third-order valence-corrected chi connectivity index (χ3v) is 5.71. The van der Waals surface area contributed by atoms with Gasteiger partial charge in [0.15, 0.2) is 5.69 Å². The molecule has 1 aromatic carbocycles. The lowest BCUT2D eigenvalue weighted by molar-refractivity contribution is -0.0632. The van der Waals surface area contributed by atoms with E-state index in [2.05, 4.69) is 4.98 Å². The summed E-state index contributed by atoms with van der Waals surface area (Å²) in [5.41, 5.74) is 0.348. The Balaban J connectivity index is 1.56. The molecule has 2 aromatic rings. The lowest BCUT2D eigenvalue weighted by Gasteiger charge is -2.41. The molecule has 3 atom stereocenters. The van der Waals surface area contributed by atoms with E-state index in [0.29, 0.717) is 25.1 Å². The number of aliphatic hydroxyl groups is 1. The van der Waals surface area contributed by atoms with E-state index in [4.69, 9.17) is 9.15 Å². The van der Waals surface area contributed by atoms with Crippen molar-refractivity contribution in [2.75, 3.05) is 24.6 Å². The van der Waals surface area contributed by atoms with Crippen LogP contribution >= 0.6 is 0 Å². The number of carbonyl (C=O) groups is 1. The van der Waals surface area contributed by atoms with Gasteiger partial charge in [0, 0.05) is 19.0 Å². The molecule has 4 rings (SSSR count). The molecule has 0 radical (unpaired) electrons. The molecule has 2 heterocycles. The first kappa shape index (κ1) is 17.1. The van der Waals surface area contributed by atoms with Crippen molar-refractivity contribution in [2.45, 2.75) is 31.8 Å². The summed E-state index contributed by atoms with van der Waals surface area (Å²) in [7, 11) is 0. The Morgan fingerprint density at radius 3 is 2.96 bits per heavy atom. The van der Waals surface area contributed by atoms with Crippen molar-refractivity contribution >= 4 is 12.0 Å². The van der Waals surface area contributed by atoms with Crippen LogP contribution < -0.4 is 4.90 Å². The summed E-state index contributed by atoms with van der Waals surface area (Å²) in [6, 6.07) is 10.4. The fraction of sp³-hybridized carbons (Fsp3) is 0.500. The number of fused-ring (bicyclic) bond motifs is 1. The van der Waals surface area contributed by atoms with Crippen molar-refractivity contribution in [3.05, 3.63) is 47.9 Å². The number of oxazole rings is 1. The van der Waals surface area contributed by atoms with Gasteiger partial charge in [-0.05, 0) is 37.7 Å². The van der Waals surface area contributed by atoms with Crippen LogP contribution in [0.25, 0.3) is 0 Å². The Bertz CT molecular complexity index is 775. The highest BCUT2D eigenvalue weighted by atomic mass is 16.5. The molecule has 1 aliphatic carbocycles. The van der Waals surface area contributed by atoms with Crippen molar-refractivity contribution < 1.29 is 19.1 Å². The van der Waals surface area contributed by atoms with Crippen molar-refractivity contribution in [1.29, 1.82) is 0 Å². The zero-order chi connectivity index (χ0) is 18.1. The molecular weight excluding hydrogens is 332 g/mol. The lowest BCUT2D eigenvalue weighted by atomic mass is 9.67. The molecule has 138 valence electrons. The molecule has 6 nitrogen and oxygen atoms in total. The van der Waals surface area contributed by atoms with Crippen LogP contribution in [0, 0.1) is 11.8 Å². The van der Waals surface area contributed by atoms with Gasteiger partial charge >= 0.3 is 5.97 Å². The highest BCUT2D eigenvalue weighted by Gasteiger charge is 2.50. The van der Waals surface area contributed by atoms with Crippen molar-refractivity contribution in [1.82, 2.24) is 4.98 Å². The molecule has 1 aromatic heterocycles. The van der Waals surface area contributed by atoms with Gasteiger partial charge in [-0.3, -0.25) is 0 Å². The number of benzene rings is 1. The molecule has 6 heteroatoms. The molecule has 0 amide bonds. The molecule has 2 fully saturated rings. The maximum absolute atomic E-state index is 11.8. The summed E-state index contributed by atoms with van der Waals surface area (Å²) >= 11 is 0. The van der Waals surface area contributed by atoms with Crippen LogP contribution in [0.1, 0.15) is 42.2 Å². The molecule has 1 N–H and O–H groups in total. The van der Waals surface area contributed by atoms with Crippen molar-refractivity contribution in [3.63, 3.8) is 0 Å². The van der Waals surface area contributed by atoms with Gasteiger partial charge < -0.3 is 19.2 Å². The zero-order valence-corrected chi connectivity index (χ0v) is 14.9. The molecule has 1 aliphatic heterocycles. The number of esters is 1. The van der Waals surface area contributed by atoms with Crippen LogP contribution in [0.3, 0.4) is 0 Å². The minimum atomic E-state index is -0.824. The van der Waals surface area contributed by atoms with Gasteiger partial charge in [-0.25, -0.2) is 4.79 Å². The third kappa shape index (κ3) is 2.88. The van der Waals surface area contributed by atoms with Crippen LogP contribution in [-0.2, 0) is 10.3 Å². The Labute approximate surface area is 152 Å². The Morgan fingerprint density at radius 2 is 2.19 bits per heavy atom. The Morgan fingerprint density at radius 1 is 1.38 bits per heavy atom. The summed E-state index contributed by atoms with van der Waals surface area (Å²) in [6.07, 6.45) is 4.20. The normalized spacial score (nSPS) is 28.0. The van der Waals surface area contributed by atoms with E-state index in [1.165, 1.54) is 6.26 Å². The second kappa shape index (κ2) is 6.76. The van der Waals surface area contributed by atoms with Crippen LogP contribution in [0.15, 0.2) is 41.0 Å². The predicted molar refractivity (Wildman–Crippen MR) is 95.8 cm³/mol. The number of carbonyl (C=O) groups excluding carboxylic acids is 1. The number of hydrogen-bond donors (Lipinski definition) is 1. The number of ether oxygens (including phenoxy) is 1. The van der Waals surface area contributed by atoms with Gasteiger partial charge in [0.05, 0.1) is 12.2 Å². The predicted octanol–water partition coefficient (Wildman–Crippen LogP) is 2.98. The highest BCUT2D eigenvalue weighted by Crippen LogP contribution is 2.48. The van der Waals surface area contributed by atoms with Gasteiger partial charge in [-0.1, -0.05) is 30.3 Å². The van der Waals surface area contributed by atoms with Gasteiger partial charge in [-0.2, -0.15) is 4.98 Å². The first-order valence-corrected chi connectivity index (χ1v) is 9.27. The second-order valence-electron chi connectivity index (χ2n) is 7.19. The Hall–Kier alpha value is -2.34. The third-order valence-electron chi connectivity index (χ3n) is 5.71. The zero-order valence-electron chi connectivity index (χ0n) is 14.9. The average Bonchev–Trinajstić information content (AvgIpc) is 3.30. The topological polar surface area (TPSA) is 75.8 Å². The largest absolute Gasteiger partial charge is 0.461 e. The minimum Gasteiger partial charge on any atom is -0.461 e. The summed E-state index contributed by atoms with van der Waals surface area (Å²) in [4.78, 5) is 18.1. The van der Waals surface area contributed by atoms with E-state index in [9.17, 15) is 9.90 Å². The van der Waals surface area contributed by atoms with Crippen LogP contribution in [0.2, 0.25) is 0 Å². The number of rotatable bonds is 4. The van der Waals surface area contributed by atoms with E-state index in [0.717, 1.165) is 31.4 Å². The van der Waals surface area contributed by atoms with Gasteiger partial charge in [0.1, 0.15) is 6.26 Å². The monoisotopic (exact) mass is 356 g/mol. The number of aromatic nitrogens is 1. The first-order chi connectivity index (χ1) is 12.6. The maximum Gasteiger partial charge on any atom is 0.360 e. The quantitative estimate of drug-likeness (QED) is 0.849. The van der Waals surface area contributed by atoms with Gasteiger partial charge in [0.2, 0.25) is 0 Å². The highest BCUT2D eigenvalue weighted by molar-refractivity contribution is 5.87. The molecule has 1 saturated heterocycles. The number of anilines is 1. The first-order valence-electron chi connectivity index (χ1n) is 9.27. The molecule has 1 saturated carbocycles. The van der Waals surface area contributed by atoms with E-state index < -0.39 is 11.6 Å². The summed E-state index contributed by atoms with van der Waals surface area (Å²) in [5.74, 6) is 0.0309. The molecule has 0 unspecified atom stereocenters. The molecule has 26 heavy (non-hydrogen) atoms. The minimum absolute atomic E-state index is 0.122. The second-order valence-corrected chi connectivity index (χ2v) is 7.19. The number of hydrogen-bond acceptors (Lipinski definition) is 6. The van der Waals surface area contributed by atoms with E-state index in [1.807, 2.05) is 35.2 Å². The van der Waals surface area contributed by atoms with Crippen molar-refractivity contribution in [2.24, 2.45) is 11.8 Å². The maximum atomic E-state index is 11.8. The molecule has 0 bridgehead atoms. The molecule has 2 aliphatic rings. The lowest BCUT2D eigenvalue weighted by Crippen LogP contribution is -2.42. The van der Waals surface area contributed by atoms with E-state index in [-0.39, 0.29) is 11.6 Å². The van der Waals surface area contributed by atoms with Gasteiger partial charge in [0.25, 0.3) is 6.01 Å². The molecule has 0 spiro atoms. The van der Waals surface area contributed by atoms with Crippen LogP contribution in [0.4, 0.5) is 6.01 Å². The SMILES string of the molecule is CCOC(=O)c1coc(N2C[C@H]3CCC[C@](O)(c4ccccc4)[C@H]3C2)n1. The Kier molecular flexibility index (Phi) is 4.44.